The molecule has 4 fully saturated rings. The van der Waals surface area contributed by atoms with Crippen LogP contribution < -0.4 is 0 Å². The Balaban J connectivity index is 1.47. The van der Waals surface area contributed by atoms with Crippen LogP contribution in [-0.4, -0.2) is 59.6 Å². The minimum absolute atomic E-state index is 0.00139. The average Bonchev–Trinajstić information content (AvgIpc) is 2.94. The van der Waals surface area contributed by atoms with Gasteiger partial charge in [-0.2, -0.15) is 0 Å². The number of imide groups is 1. The summed E-state index contributed by atoms with van der Waals surface area (Å²) in [6.45, 7) is 15.7. The van der Waals surface area contributed by atoms with Crippen LogP contribution in [0.4, 0.5) is 9.59 Å². The molecule has 2 N–H and O–H groups in total. The summed E-state index contributed by atoms with van der Waals surface area (Å²) in [4.78, 5) is 38.9. The Bertz CT molecular complexity index is 1200. The van der Waals surface area contributed by atoms with Crippen LogP contribution in [0.3, 0.4) is 0 Å². The van der Waals surface area contributed by atoms with Gasteiger partial charge in [0.2, 0.25) is 0 Å². The summed E-state index contributed by atoms with van der Waals surface area (Å²) < 4.78 is 10.9. The number of aliphatic carboxylic acids is 1. The molecule has 1 unspecified atom stereocenters. The molecule has 4 saturated carbocycles. The molecule has 0 saturated heterocycles. The second kappa shape index (κ2) is 10.5. The second-order valence-corrected chi connectivity index (χ2v) is 16.5. The molecule has 0 aromatic heterocycles. The summed E-state index contributed by atoms with van der Waals surface area (Å²) in [5.41, 5.74) is 0.0652. The summed E-state index contributed by atoms with van der Waals surface area (Å²) in [7, 11) is 1.36. The fourth-order valence-corrected chi connectivity index (χ4v) is 11.3. The van der Waals surface area contributed by atoms with Gasteiger partial charge in [0.25, 0.3) is 0 Å². The molecule has 5 rings (SSSR count). The van der Waals surface area contributed by atoms with Crippen molar-refractivity contribution < 1.29 is 34.1 Å². The van der Waals surface area contributed by atoms with Crippen molar-refractivity contribution in [3.05, 3.63) is 11.6 Å². The molecule has 0 spiro atoms. The molecule has 8 heteroatoms. The Labute approximate surface area is 257 Å². The highest BCUT2D eigenvalue weighted by Gasteiger charge is 2.70. The lowest BCUT2D eigenvalue weighted by atomic mass is 9.33. The number of aliphatic hydroxyl groups excluding tert-OH is 1. The van der Waals surface area contributed by atoms with Gasteiger partial charge in [0.15, 0.2) is 0 Å². The number of hydrogen-bond acceptors (Lipinski definition) is 6. The van der Waals surface area contributed by atoms with Gasteiger partial charge in [0.1, 0.15) is 6.10 Å². The number of carboxylic acid groups (broad SMARTS) is 1. The van der Waals surface area contributed by atoms with Gasteiger partial charge >= 0.3 is 18.2 Å². The summed E-state index contributed by atoms with van der Waals surface area (Å²) in [6.07, 6.45) is 9.03. The number of carbonyl (C=O) groups excluding carboxylic acids is 2. The van der Waals surface area contributed by atoms with Gasteiger partial charge in [-0.25, -0.2) is 14.5 Å². The van der Waals surface area contributed by atoms with E-state index in [0.29, 0.717) is 12.3 Å². The van der Waals surface area contributed by atoms with Gasteiger partial charge in [-0.05, 0) is 111 Å². The Morgan fingerprint density at radius 2 is 1.60 bits per heavy atom. The number of carbonyl (C=O) groups is 3. The smallest absolute Gasteiger partial charge is 0.419 e. The van der Waals surface area contributed by atoms with Crippen LogP contribution >= 0.6 is 0 Å². The van der Waals surface area contributed by atoms with Crippen molar-refractivity contribution in [2.24, 2.45) is 50.2 Å². The Morgan fingerprint density at radius 1 is 0.930 bits per heavy atom. The van der Waals surface area contributed by atoms with E-state index >= 15 is 0 Å². The standard InChI is InChI=1S/C35H55NO7/c1-9-42-28(40)36(8)29(41)43-26-13-14-31(4)24(32(26,5)21-37)12-15-34(7)25(31)11-10-22-23-20-30(2,3)16-18-35(23,27(38)39)19-17-33(22,34)6/h10,23-26,37H,9,11-21H2,1-8H3,(H,38,39)/t23-,24?,25-,26+,31+,32+,33-,34-,35+/m1/s1. The number of nitrogens with zero attached hydrogens (tertiary/aromatic N) is 1. The first kappa shape index (κ1) is 32.3. The number of allylic oxidation sites excluding steroid dienone is 2. The van der Waals surface area contributed by atoms with Crippen LogP contribution in [0.5, 0.6) is 0 Å². The number of fused-ring (bicyclic) bond motifs is 7. The molecule has 0 aliphatic heterocycles. The van der Waals surface area contributed by atoms with E-state index in [1.54, 1.807) is 6.92 Å². The largest absolute Gasteiger partial charge is 0.481 e. The van der Waals surface area contributed by atoms with Gasteiger partial charge in [0, 0.05) is 12.5 Å². The van der Waals surface area contributed by atoms with Gasteiger partial charge < -0.3 is 19.7 Å². The normalized spacial score (nSPS) is 44.8. The van der Waals surface area contributed by atoms with Crippen LogP contribution in [0.25, 0.3) is 0 Å². The van der Waals surface area contributed by atoms with E-state index in [9.17, 15) is 24.6 Å². The first-order valence-electron chi connectivity index (χ1n) is 16.6. The predicted octanol–water partition coefficient (Wildman–Crippen LogP) is 7.44. The van der Waals surface area contributed by atoms with Crippen molar-refractivity contribution in [3.8, 4) is 0 Å². The molecule has 2 amide bonds. The van der Waals surface area contributed by atoms with Crippen molar-refractivity contribution in [2.75, 3.05) is 20.3 Å². The zero-order chi connectivity index (χ0) is 31.8. The number of aliphatic hydroxyl groups is 1. The van der Waals surface area contributed by atoms with E-state index in [4.69, 9.17) is 9.47 Å². The van der Waals surface area contributed by atoms with Gasteiger partial charge in [-0.3, -0.25) is 4.79 Å². The molecule has 5 aliphatic carbocycles. The van der Waals surface area contributed by atoms with Gasteiger partial charge in [-0.15, -0.1) is 0 Å². The molecule has 242 valence electrons. The van der Waals surface area contributed by atoms with E-state index in [1.807, 2.05) is 0 Å². The van der Waals surface area contributed by atoms with E-state index < -0.39 is 35.1 Å². The monoisotopic (exact) mass is 601 g/mol. The molecular formula is C35H55NO7. The topological polar surface area (TPSA) is 113 Å². The van der Waals surface area contributed by atoms with Gasteiger partial charge in [-0.1, -0.05) is 53.2 Å². The SMILES string of the molecule is CCOC(=O)N(C)C(=O)O[C@H]1CC[C@@]2(C)C(CC[C@]3(C)[C@@H]2CC=C2[C@H]4CC(C)(C)CC[C@]4(C(=O)O)CC[C@]23C)[C@]1(C)CO. The van der Waals surface area contributed by atoms with Crippen molar-refractivity contribution in [2.45, 2.75) is 119 Å². The van der Waals surface area contributed by atoms with E-state index in [0.717, 1.165) is 62.7 Å². The molecule has 0 aromatic carbocycles. The van der Waals surface area contributed by atoms with Crippen molar-refractivity contribution in [1.82, 2.24) is 4.90 Å². The minimum Gasteiger partial charge on any atom is -0.481 e. The molecule has 0 radical (unpaired) electrons. The molecule has 0 bridgehead atoms. The lowest BCUT2D eigenvalue weighted by molar-refractivity contribution is -0.217. The maximum atomic E-state index is 13.0. The molecule has 5 aliphatic rings. The quantitative estimate of drug-likeness (QED) is 0.322. The fourth-order valence-electron chi connectivity index (χ4n) is 11.3. The highest BCUT2D eigenvalue weighted by molar-refractivity contribution is 5.87. The Morgan fingerprint density at radius 3 is 2.23 bits per heavy atom. The predicted molar refractivity (Wildman–Crippen MR) is 163 cm³/mol. The molecule has 8 nitrogen and oxygen atoms in total. The highest BCUT2D eigenvalue weighted by atomic mass is 16.6. The highest BCUT2D eigenvalue weighted by Crippen LogP contribution is 2.75. The summed E-state index contributed by atoms with van der Waals surface area (Å²) in [5, 5.41) is 21.5. The van der Waals surface area contributed by atoms with Crippen molar-refractivity contribution in [1.29, 1.82) is 0 Å². The molecule has 0 aromatic rings. The number of rotatable bonds is 4. The number of carboxylic acids is 1. The zero-order valence-electron chi connectivity index (χ0n) is 27.8. The third kappa shape index (κ3) is 4.50. The van der Waals surface area contributed by atoms with E-state index in [1.165, 1.54) is 12.6 Å². The van der Waals surface area contributed by atoms with Crippen LogP contribution in [0.2, 0.25) is 0 Å². The maximum absolute atomic E-state index is 13.0. The number of amides is 2. The Hall–Kier alpha value is -2.09. The fraction of sp³-hybridized carbons (Fsp3) is 0.857. The van der Waals surface area contributed by atoms with Gasteiger partial charge in [0.05, 0.1) is 18.6 Å². The minimum atomic E-state index is -0.746. The molecular weight excluding hydrogens is 546 g/mol. The lowest BCUT2D eigenvalue weighted by Crippen LogP contribution is -2.66. The summed E-state index contributed by atoms with van der Waals surface area (Å²) in [5.74, 6) is -0.0355. The summed E-state index contributed by atoms with van der Waals surface area (Å²) in [6, 6.07) is 0. The van der Waals surface area contributed by atoms with Crippen LogP contribution in [0.1, 0.15) is 113 Å². The third-order valence-corrected chi connectivity index (χ3v) is 14.2. The first-order valence-corrected chi connectivity index (χ1v) is 16.6. The maximum Gasteiger partial charge on any atom is 0.419 e. The van der Waals surface area contributed by atoms with Crippen LogP contribution in [-0.2, 0) is 14.3 Å². The second-order valence-electron chi connectivity index (χ2n) is 16.5. The third-order valence-electron chi connectivity index (χ3n) is 14.2. The average molecular weight is 602 g/mol. The number of hydrogen-bond donors (Lipinski definition) is 2. The van der Waals surface area contributed by atoms with Crippen molar-refractivity contribution in [3.63, 3.8) is 0 Å². The first-order chi connectivity index (χ1) is 20.0. The Kier molecular flexibility index (Phi) is 7.88. The molecule has 43 heavy (non-hydrogen) atoms. The van der Waals surface area contributed by atoms with E-state index in [-0.39, 0.29) is 46.7 Å². The lowest BCUT2D eigenvalue weighted by Gasteiger charge is -2.71. The summed E-state index contributed by atoms with van der Waals surface area (Å²) >= 11 is 0. The van der Waals surface area contributed by atoms with Crippen LogP contribution in [0, 0.1) is 50.2 Å². The number of ether oxygens (including phenoxy) is 2. The molecule has 9 atom stereocenters. The molecule has 0 heterocycles. The van der Waals surface area contributed by atoms with E-state index in [2.05, 4.69) is 47.6 Å². The van der Waals surface area contributed by atoms with Crippen LogP contribution in [0.15, 0.2) is 11.6 Å². The zero-order valence-corrected chi connectivity index (χ0v) is 27.8. The van der Waals surface area contributed by atoms with Crippen molar-refractivity contribution >= 4 is 18.2 Å².